The highest BCUT2D eigenvalue weighted by atomic mass is 16.8. The van der Waals surface area contributed by atoms with E-state index in [0.29, 0.717) is 0 Å². The summed E-state index contributed by atoms with van der Waals surface area (Å²) in [7, 11) is 0. The molecule has 6 fully saturated rings. The smallest absolute Gasteiger partial charge is 0.217 e. The predicted molar refractivity (Wildman–Crippen MR) is 221 cm³/mol. The van der Waals surface area contributed by atoms with Crippen molar-refractivity contribution in [2.45, 2.75) is 205 Å². The van der Waals surface area contributed by atoms with Crippen molar-refractivity contribution in [1.82, 2.24) is 10.6 Å². The second-order valence-electron chi connectivity index (χ2n) is 18.2. The number of amides is 2. The van der Waals surface area contributed by atoms with Crippen molar-refractivity contribution in [2.75, 3.05) is 33.0 Å². The fourth-order valence-corrected chi connectivity index (χ4v) is 9.26. The van der Waals surface area contributed by atoms with E-state index in [1.165, 1.54) is 6.92 Å². The number of aliphatic hydroxyl groups is 17. The molecule has 6 aliphatic heterocycles. The summed E-state index contributed by atoms with van der Waals surface area (Å²) in [6, 6.07) is -3.45. The Labute approximate surface area is 408 Å². The van der Waals surface area contributed by atoms with E-state index >= 15 is 0 Å². The Morgan fingerprint density at radius 3 is 1.15 bits per heavy atom. The lowest BCUT2D eigenvalue weighted by Crippen LogP contribution is -2.71. The van der Waals surface area contributed by atoms with Crippen LogP contribution in [0.2, 0.25) is 0 Å². The molecule has 6 heterocycles. The Morgan fingerprint density at radius 1 is 0.361 bits per heavy atom. The van der Waals surface area contributed by atoms with Gasteiger partial charge < -0.3 is 150 Å². The van der Waals surface area contributed by atoms with Gasteiger partial charge in [0, 0.05) is 13.8 Å². The fourth-order valence-electron chi connectivity index (χ4n) is 9.26. The van der Waals surface area contributed by atoms with Gasteiger partial charge in [-0.05, 0) is 6.92 Å². The minimum atomic E-state index is -2.23. The molecule has 0 aliphatic carbocycles. The molecule has 0 saturated carbocycles. The summed E-state index contributed by atoms with van der Waals surface area (Å²) in [5, 5.41) is 186. The summed E-state index contributed by atoms with van der Waals surface area (Å²) in [6.45, 7) is -1.51. The average Bonchev–Trinajstić information content (AvgIpc) is 3.34. The van der Waals surface area contributed by atoms with E-state index in [2.05, 4.69) is 10.6 Å². The molecule has 0 aromatic carbocycles. The molecule has 418 valence electrons. The largest absolute Gasteiger partial charge is 0.394 e. The van der Waals surface area contributed by atoms with Crippen LogP contribution in [0.1, 0.15) is 20.8 Å². The highest BCUT2D eigenvalue weighted by Crippen LogP contribution is 2.37. The van der Waals surface area contributed by atoms with Crippen molar-refractivity contribution >= 4 is 11.8 Å². The van der Waals surface area contributed by atoms with Crippen molar-refractivity contribution < 1.29 is 149 Å². The van der Waals surface area contributed by atoms with Crippen LogP contribution < -0.4 is 10.6 Å². The summed E-state index contributed by atoms with van der Waals surface area (Å²) in [5.74, 6) is -1.66. The zero-order valence-electron chi connectivity index (χ0n) is 38.8. The first-order valence-electron chi connectivity index (χ1n) is 23.0. The molecule has 6 rings (SSSR count). The SMILES string of the molecule is CC(=O)N[C@H]1[C@H](O[C@H]2[C@@H](O)[C@@H](CO)O[C@@H](O[C@H]3[C@@H](O)[C@@H](CO)O[C@@H](O[C@@H]4[C@H](O)[C@@H](O)[C@H](O[C@H]5[C@H](O)[C@@H](O)[C@H](O)O[C@@H]5CO)O[C@@H]4CO)[C@@H]3NC(C)=O)[C@@H]2O)O[C@H](CO)[C@H](O)[C@@H]1O[C@@H]1O[C@@H](C)[C@@H](O)[C@@H](O)[C@@H]1O. The molecule has 0 spiro atoms. The van der Waals surface area contributed by atoms with Gasteiger partial charge in [-0.3, -0.25) is 9.59 Å². The van der Waals surface area contributed by atoms with Crippen LogP contribution in [0, 0.1) is 0 Å². The molecule has 2 amide bonds. The van der Waals surface area contributed by atoms with E-state index in [0.717, 1.165) is 13.8 Å². The molecule has 0 aromatic heterocycles. The van der Waals surface area contributed by atoms with Gasteiger partial charge in [0.05, 0.1) is 39.1 Å². The predicted octanol–water partition coefficient (Wildman–Crippen LogP) is -12.8. The highest BCUT2D eigenvalue weighted by Gasteiger charge is 2.58. The van der Waals surface area contributed by atoms with Crippen molar-refractivity contribution in [1.29, 1.82) is 0 Å². The van der Waals surface area contributed by atoms with E-state index in [1.54, 1.807) is 0 Å². The van der Waals surface area contributed by atoms with Gasteiger partial charge in [-0.15, -0.1) is 0 Å². The first kappa shape index (κ1) is 59.1. The van der Waals surface area contributed by atoms with Crippen molar-refractivity contribution in [2.24, 2.45) is 0 Å². The molecule has 6 saturated heterocycles. The van der Waals surface area contributed by atoms with Gasteiger partial charge in [0.15, 0.2) is 37.7 Å². The van der Waals surface area contributed by atoms with Crippen LogP contribution in [0.5, 0.6) is 0 Å². The second kappa shape index (κ2) is 25.3. The van der Waals surface area contributed by atoms with Gasteiger partial charge in [-0.1, -0.05) is 0 Å². The van der Waals surface area contributed by atoms with Crippen LogP contribution >= 0.6 is 0 Å². The maximum absolute atomic E-state index is 12.7. The lowest BCUT2D eigenvalue weighted by atomic mass is 9.93. The summed E-state index contributed by atoms with van der Waals surface area (Å²) in [5.41, 5.74) is 0. The topological polar surface area (TPSA) is 504 Å². The first-order valence-corrected chi connectivity index (χ1v) is 23.0. The van der Waals surface area contributed by atoms with Crippen molar-refractivity contribution in [3.63, 3.8) is 0 Å². The fraction of sp³-hybridized carbons (Fsp3) is 0.950. The molecule has 72 heavy (non-hydrogen) atoms. The maximum Gasteiger partial charge on any atom is 0.217 e. The summed E-state index contributed by atoms with van der Waals surface area (Å²) in [6.07, 6.45) is -51.9. The van der Waals surface area contributed by atoms with Gasteiger partial charge >= 0.3 is 0 Å². The first-order chi connectivity index (χ1) is 34.0. The Bertz CT molecular complexity index is 1730. The maximum atomic E-state index is 12.7. The zero-order chi connectivity index (χ0) is 53.2. The minimum Gasteiger partial charge on any atom is -0.394 e. The van der Waals surface area contributed by atoms with E-state index in [-0.39, 0.29) is 0 Å². The number of aliphatic hydroxyl groups excluding tert-OH is 17. The summed E-state index contributed by atoms with van der Waals surface area (Å²) < 4.78 is 63.0. The van der Waals surface area contributed by atoms with Gasteiger partial charge in [-0.25, -0.2) is 0 Å². The van der Waals surface area contributed by atoms with E-state index in [4.69, 9.17) is 52.1 Å². The minimum absolute atomic E-state index is 0.808. The molecule has 32 nitrogen and oxygen atoms in total. The van der Waals surface area contributed by atoms with E-state index in [9.17, 15) is 96.4 Å². The second-order valence-corrected chi connectivity index (χ2v) is 18.2. The molecule has 0 aromatic rings. The number of rotatable bonds is 17. The van der Waals surface area contributed by atoms with Crippen molar-refractivity contribution in [3.8, 4) is 0 Å². The van der Waals surface area contributed by atoms with Crippen LogP contribution in [0.4, 0.5) is 0 Å². The van der Waals surface area contributed by atoms with E-state index in [1.807, 2.05) is 0 Å². The number of hydrogen-bond acceptors (Lipinski definition) is 30. The van der Waals surface area contributed by atoms with Crippen LogP contribution in [0.25, 0.3) is 0 Å². The highest BCUT2D eigenvalue weighted by molar-refractivity contribution is 5.73. The van der Waals surface area contributed by atoms with Gasteiger partial charge in [0.2, 0.25) is 11.8 Å². The average molecular weight is 1060 g/mol. The normalized spacial score (nSPS) is 50.3. The van der Waals surface area contributed by atoms with Crippen LogP contribution in [0.15, 0.2) is 0 Å². The van der Waals surface area contributed by atoms with Crippen molar-refractivity contribution in [3.05, 3.63) is 0 Å². The molecule has 0 unspecified atom stereocenters. The molecule has 0 bridgehead atoms. The standard InChI is InChI=1S/C40H68N2O30/c1-9-19(50)23(54)27(58)38(62-9)70-32-18(42-11(3)49)37(65-13(5-44)20(32)51)72-34-22(53)14(6-45)66-40(29(34)60)71-33-17(41-10(2)48)36(64-12(4-43)21(33)52)68-31-16(8-47)67-39(28(59)25(31)56)69-30-15(7-46)63-35(61)26(57)24(30)55/h9,12-40,43-47,50-61H,4-8H2,1-3H3,(H,41,48)(H,42,49)/t9-,12+,13+,14+,15+,16+,17+,18+,19+,20-,21-,22-,23+,24+,25+,26+,27-,28+,29+,30+,31-,32+,33+,34-,35+,36-,37-,38-,39-,40-/m0/s1. The van der Waals surface area contributed by atoms with Gasteiger partial charge in [0.1, 0.15) is 140 Å². The molecule has 32 heteroatoms. The lowest BCUT2D eigenvalue weighted by Gasteiger charge is -2.51. The molecule has 19 N–H and O–H groups in total. The Hall–Kier alpha value is -2.18. The molecular weight excluding hydrogens is 988 g/mol. The van der Waals surface area contributed by atoms with Crippen LogP contribution in [-0.4, -0.2) is 316 Å². The Kier molecular flexibility index (Phi) is 20.8. The number of nitrogens with one attached hydrogen (secondary N) is 2. The third-order valence-corrected chi connectivity index (χ3v) is 13.2. The summed E-state index contributed by atoms with van der Waals surface area (Å²) >= 11 is 0. The van der Waals surface area contributed by atoms with Crippen LogP contribution in [-0.2, 0) is 61.7 Å². The quantitative estimate of drug-likeness (QED) is 0.0643. The number of carbonyl (C=O) groups excluding carboxylic acids is 2. The van der Waals surface area contributed by atoms with Crippen LogP contribution in [0.3, 0.4) is 0 Å². The summed E-state index contributed by atoms with van der Waals surface area (Å²) in [4.78, 5) is 25.3. The third kappa shape index (κ3) is 12.5. The molecule has 6 aliphatic rings. The third-order valence-electron chi connectivity index (χ3n) is 13.2. The Balaban J connectivity index is 1.25. The Morgan fingerprint density at radius 2 is 0.694 bits per heavy atom. The zero-order valence-corrected chi connectivity index (χ0v) is 38.8. The molecule has 0 radical (unpaired) electrons. The molecular formula is C40H68N2O30. The number of hydrogen-bond donors (Lipinski definition) is 19. The number of carbonyl (C=O) groups is 2. The lowest BCUT2D eigenvalue weighted by molar-refractivity contribution is -0.384. The molecule has 30 atom stereocenters. The van der Waals surface area contributed by atoms with E-state index < -0.39 is 229 Å². The number of ether oxygens (including phenoxy) is 11. The van der Waals surface area contributed by atoms with Gasteiger partial charge in [-0.2, -0.15) is 0 Å². The van der Waals surface area contributed by atoms with Gasteiger partial charge in [0.25, 0.3) is 0 Å². The monoisotopic (exact) mass is 1060 g/mol.